The Labute approximate surface area is 130 Å². The fraction of sp³-hybridized carbons (Fsp3) is 0.353. The first-order valence-corrected chi connectivity index (χ1v) is 7.73. The molecule has 1 fully saturated rings. The zero-order valence-electron chi connectivity index (χ0n) is 12.2. The van der Waals surface area contributed by atoms with Crippen molar-refractivity contribution in [3.05, 3.63) is 42.0 Å². The molecule has 1 aliphatic heterocycles. The average molecular weight is 300 g/mol. The number of hydrogen-bond donors (Lipinski definition) is 1. The lowest BCUT2D eigenvalue weighted by atomic mass is 10.0. The smallest absolute Gasteiger partial charge is 0.127 e. The second-order valence-electron chi connectivity index (χ2n) is 5.64. The number of nitrogens with zero attached hydrogens (tertiary/aromatic N) is 1. The van der Waals surface area contributed by atoms with Crippen molar-refractivity contribution in [1.29, 1.82) is 0 Å². The van der Waals surface area contributed by atoms with Crippen LogP contribution in [0.25, 0.3) is 10.8 Å². The van der Waals surface area contributed by atoms with Crippen molar-refractivity contribution in [3.8, 4) is 5.75 Å². The van der Waals surface area contributed by atoms with Crippen LogP contribution < -0.4 is 10.5 Å². The molecule has 2 aromatic carbocycles. The number of ether oxygens (including phenoxy) is 1. The van der Waals surface area contributed by atoms with Gasteiger partial charge in [0.1, 0.15) is 16.8 Å². The normalized spacial score (nSPS) is 17.0. The van der Waals surface area contributed by atoms with E-state index in [2.05, 4.69) is 18.0 Å². The third-order valence-corrected chi connectivity index (χ3v) is 4.33. The maximum absolute atomic E-state index is 6.24. The van der Waals surface area contributed by atoms with Crippen LogP contribution in [0.15, 0.2) is 36.4 Å². The van der Waals surface area contributed by atoms with Crippen molar-refractivity contribution in [3.63, 3.8) is 0 Å². The molecule has 21 heavy (non-hydrogen) atoms. The van der Waals surface area contributed by atoms with Gasteiger partial charge in [0.05, 0.1) is 0 Å². The summed E-state index contributed by atoms with van der Waals surface area (Å²) >= 11 is 5.14. The molecule has 1 heterocycles. The van der Waals surface area contributed by atoms with E-state index in [1.165, 1.54) is 0 Å². The predicted molar refractivity (Wildman–Crippen MR) is 91.0 cm³/mol. The van der Waals surface area contributed by atoms with Crippen LogP contribution in [0.4, 0.5) is 0 Å². The number of likely N-dealkylation sites (tertiary alicyclic amines) is 1. The molecule has 3 rings (SSSR count). The summed E-state index contributed by atoms with van der Waals surface area (Å²) in [6, 6.07) is 12.1. The van der Waals surface area contributed by atoms with Crippen LogP contribution in [0.5, 0.6) is 5.75 Å². The molecule has 4 heteroatoms. The molecule has 0 atom stereocenters. The second-order valence-corrected chi connectivity index (χ2v) is 6.08. The highest BCUT2D eigenvalue weighted by atomic mass is 32.1. The molecule has 0 bridgehead atoms. The van der Waals surface area contributed by atoms with Gasteiger partial charge in [-0.15, -0.1) is 0 Å². The number of fused-ring (bicyclic) bond motifs is 1. The highest BCUT2D eigenvalue weighted by molar-refractivity contribution is 7.80. The molecule has 1 aliphatic rings. The van der Waals surface area contributed by atoms with E-state index in [1.54, 1.807) is 0 Å². The van der Waals surface area contributed by atoms with Crippen LogP contribution in [0.2, 0.25) is 0 Å². The minimum atomic E-state index is 0.292. The fourth-order valence-corrected chi connectivity index (χ4v) is 3.05. The highest BCUT2D eigenvalue weighted by Crippen LogP contribution is 2.30. The summed E-state index contributed by atoms with van der Waals surface area (Å²) in [7, 11) is 2.16. The summed E-state index contributed by atoms with van der Waals surface area (Å²) in [5, 5.41) is 2.15. The first kappa shape index (κ1) is 14.3. The van der Waals surface area contributed by atoms with Crippen molar-refractivity contribution in [1.82, 2.24) is 4.90 Å². The number of piperidine rings is 1. The first-order chi connectivity index (χ1) is 10.1. The van der Waals surface area contributed by atoms with Crippen LogP contribution in [0.3, 0.4) is 0 Å². The molecule has 0 unspecified atom stereocenters. The van der Waals surface area contributed by atoms with Gasteiger partial charge >= 0.3 is 0 Å². The SMILES string of the molecule is CN1CCC(Oc2ccc(C(N)=S)c3ccccc23)CC1. The Hall–Kier alpha value is -1.65. The Morgan fingerprint density at radius 1 is 1.14 bits per heavy atom. The largest absolute Gasteiger partial charge is 0.490 e. The van der Waals surface area contributed by atoms with Gasteiger partial charge in [0.2, 0.25) is 0 Å². The van der Waals surface area contributed by atoms with Gasteiger partial charge in [-0.1, -0.05) is 36.5 Å². The third-order valence-electron chi connectivity index (χ3n) is 4.11. The molecule has 1 saturated heterocycles. The molecule has 3 nitrogen and oxygen atoms in total. The van der Waals surface area contributed by atoms with Crippen molar-refractivity contribution in [2.75, 3.05) is 20.1 Å². The minimum absolute atomic E-state index is 0.292. The molecule has 0 aromatic heterocycles. The lowest BCUT2D eigenvalue weighted by Crippen LogP contribution is -2.35. The maximum Gasteiger partial charge on any atom is 0.127 e. The predicted octanol–water partition coefficient (Wildman–Crippen LogP) is 2.95. The molecular weight excluding hydrogens is 280 g/mol. The van der Waals surface area contributed by atoms with Crippen LogP contribution >= 0.6 is 12.2 Å². The Morgan fingerprint density at radius 2 is 1.81 bits per heavy atom. The summed E-state index contributed by atoms with van der Waals surface area (Å²) in [5.74, 6) is 0.931. The maximum atomic E-state index is 6.24. The van der Waals surface area contributed by atoms with Gasteiger partial charge in [-0.3, -0.25) is 0 Å². The highest BCUT2D eigenvalue weighted by Gasteiger charge is 2.19. The van der Waals surface area contributed by atoms with Crippen molar-refractivity contribution in [2.45, 2.75) is 18.9 Å². The van der Waals surface area contributed by atoms with E-state index in [0.717, 1.165) is 48.0 Å². The topological polar surface area (TPSA) is 38.5 Å². The van der Waals surface area contributed by atoms with E-state index in [-0.39, 0.29) is 0 Å². The average Bonchev–Trinajstić information content (AvgIpc) is 2.49. The van der Waals surface area contributed by atoms with Gasteiger partial charge in [-0.2, -0.15) is 0 Å². The van der Waals surface area contributed by atoms with Crippen molar-refractivity contribution < 1.29 is 4.74 Å². The van der Waals surface area contributed by atoms with Gasteiger partial charge in [0.25, 0.3) is 0 Å². The van der Waals surface area contributed by atoms with Crippen LogP contribution in [0, 0.1) is 0 Å². The Morgan fingerprint density at radius 3 is 2.48 bits per heavy atom. The van der Waals surface area contributed by atoms with Crippen LogP contribution in [-0.2, 0) is 0 Å². The molecule has 0 saturated carbocycles. The molecule has 0 radical (unpaired) electrons. The third kappa shape index (κ3) is 3.01. The summed E-state index contributed by atoms with van der Waals surface area (Å²) < 4.78 is 6.24. The monoisotopic (exact) mass is 300 g/mol. The number of benzene rings is 2. The Balaban J connectivity index is 1.93. The van der Waals surface area contributed by atoms with E-state index in [1.807, 2.05) is 30.3 Å². The minimum Gasteiger partial charge on any atom is -0.490 e. The van der Waals surface area contributed by atoms with E-state index >= 15 is 0 Å². The first-order valence-electron chi connectivity index (χ1n) is 7.32. The van der Waals surface area contributed by atoms with Crippen molar-refractivity contribution >= 4 is 28.0 Å². The Kier molecular flexibility index (Phi) is 4.08. The number of rotatable bonds is 3. The summed E-state index contributed by atoms with van der Waals surface area (Å²) in [6.45, 7) is 2.18. The number of thiocarbonyl (C=S) groups is 1. The number of nitrogens with two attached hydrogens (primary N) is 1. The molecule has 110 valence electrons. The fourth-order valence-electron chi connectivity index (χ4n) is 2.87. The van der Waals surface area contributed by atoms with Crippen LogP contribution in [-0.4, -0.2) is 36.1 Å². The van der Waals surface area contributed by atoms with Gasteiger partial charge in [0, 0.05) is 24.0 Å². The zero-order valence-corrected chi connectivity index (χ0v) is 13.0. The molecule has 0 aliphatic carbocycles. The molecular formula is C17H20N2OS. The quantitative estimate of drug-likeness (QED) is 0.885. The van der Waals surface area contributed by atoms with Gasteiger partial charge in [0.15, 0.2) is 0 Å². The summed E-state index contributed by atoms with van der Waals surface area (Å²) in [5.41, 5.74) is 6.73. The molecule has 2 aromatic rings. The molecule has 2 N–H and O–H groups in total. The summed E-state index contributed by atoms with van der Waals surface area (Å²) in [6.07, 6.45) is 2.43. The summed E-state index contributed by atoms with van der Waals surface area (Å²) in [4.78, 5) is 2.77. The Bertz CT molecular complexity index is 663. The second kappa shape index (κ2) is 6.00. The molecule has 0 amide bonds. The molecule has 0 spiro atoms. The van der Waals surface area contributed by atoms with E-state index in [0.29, 0.717) is 11.1 Å². The zero-order chi connectivity index (χ0) is 14.8. The standard InChI is InChI=1S/C17H20N2OS/c1-19-10-8-12(9-11-19)20-16-7-6-15(17(18)21)13-4-2-3-5-14(13)16/h2-7,12H,8-11H2,1H3,(H2,18,21). The van der Waals surface area contributed by atoms with E-state index in [4.69, 9.17) is 22.7 Å². The van der Waals surface area contributed by atoms with Gasteiger partial charge in [-0.25, -0.2) is 0 Å². The van der Waals surface area contributed by atoms with Gasteiger partial charge < -0.3 is 15.4 Å². The van der Waals surface area contributed by atoms with Crippen molar-refractivity contribution in [2.24, 2.45) is 5.73 Å². The lowest BCUT2D eigenvalue weighted by Gasteiger charge is -2.29. The van der Waals surface area contributed by atoms with E-state index < -0.39 is 0 Å². The van der Waals surface area contributed by atoms with Crippen LogP contribution in [0.1, 0.15) is 18.4 Å². The van der Waals surface area contributed by atoms with Gasteiger partial charge in [-0.05, 0) is 37.4 Å². The number of hydrogen-bond acceptors (Lipinski definition) is 3. The lowest BCUT2D eigenvalue weighted by molar-refractivity contribution is 0.116. The van der Waals surface area contributed by atoms with E-state index in [9.17, 15) is 0 Å².